The Balaban J connectivity index is 1.92. The van der Waals surface area contributed by atoms with E-state index in [1.54, 1.807) is 17.8 Å². The fourth-order valence-electron chi connectivity index (χ4n) is 2.94. The van der Waals surface area contributed by atoms with Gasteiger partial charge in [-0.1, -0.05) is 6.42 Å². The van der Waals surface area contributed by atoms with Crippen LogP contribution in [-0.2, 0) is 0 Å². The zero-order valence-corrected chi connectivity index (χ0v) is 13.5. The van der Waals surface area contributed by atoms with Crippen LogP contribution < -0.4 is 10.1 Å². The van der Waals surface area contributed by atoms with Crippen LogP contribution in [0.3, 0.4) is 0 Å². The zero-order valence-electron chi connectivity index (χ0n) is 13.5. The van der Waals surface area contributed by atoms with Crippen molar-refractivity contribution in [1.29, 1.82) is 0 Å². The maximum absolute atomic E-state index is 12.6. The molecule has 0 aromatic carbocycles. The van der Waals surface area contributed by atoms with Crippen LogP contribution >= 0.6 is 0 Å². The number of hydrogen-bond acceptors (Lipinski definition) is 4. The first-order valence-corrected chi connectivity index (χ1v) is 7.64. The van der Waals surface area contributed by atoms with Crippen molar-refractivity contribution in [2.75, 3.05) is 7.11 Å². The summed E-state index contributed by atoms with van der Waals surface area (Å²) in [6.07, 6.45) is 5.16. The molecule has 1 amide bonds. The molecule has 1 N–H and O–H groups in total. The van der Waals surface area contributed by atoms with Gasteiger partial charge in [0.15, 0.2) is 11.3 Å². The molecule has 3 rings (SSSR count). The van der Waals surface area contributed by atoms with Crippen LogP contribution in [-0.4, -0.2) is 33.2 Å². The number of hydrogen-bond donors (Lipinski definition) is 1. The van der Waals surface area contributed by atoms with Gasteiger partial charge in [0.1, 0.15) is 0 Å². The fourth-order valence-corrected chi connectivity index (χ4v) is 2.94. The molecule has 1 fully saturated rings. The summed E-state index contributed by atoms with van der Waals surface area (Å²) >= 11 is 0. The third-order valence-electron chi connectivity index (χ3n) is 4.63. The van der Waals surface area contributed by atoms with Gasteiger partial charge in [0.2, 0.25) is 5.88 Å². The van der Waals surface area contributed by atoms with Crippen molar-refractivity contribution in [1.82, 2.24) is 19.9 Å². The van der Waals surface area contributed by atoms with Crippen LogP contribution in [0.15, 0.2) is 12.3 Å². The van der Waals surface area contributed by atoms with Crippen molar-refractivity contribution in [3.05, 3.63) is 23.5 Å². The topological polar surface area (TPSA) is 68.5 Å². The summed E-state index contributed by atoms with van der Waals surface area (Å²) in [4.78, 5) is 16.9. The molecule has 1 aliphatic carbocycles. The highest BCUT2D eigenvalue weighted by molar-refractivity contribution is 5.93. The summed E-state index contributed by atoms with van der Waals surface area (Å²) in [6, 6.07) is 1.81. The highest BCUT2D eigenvalue weighted by Gasteiger charge is 2.35. The zero-order chi connectivity index (χ0) is 15.9. The summed E-state index contributed by atoms with van der Waals surface area (Å²) in [7, 11) is 1.56. The molecule has 0 unspecified atom stereocenters. The van der Waals surface area contributed by atoms with Gasteiger partial charge in [-0.2, -0.15) is 0 Å². The predicted octanol–water partition coefficient (Wildman–Crippen LogP) is 2.35. The standard InChI is InChI=1S/C16H22N4O2/c1-10-8-13(22-4)19-20-12(9-17-14(10)20)15(21)18-16(2,3)11-6-5-7-11/h8-9,11H,5-7H2,1-4H3,(H,18,21). The number of carbonyl (C=O) groups excluding carboxylic acids is 1. The van der Waals surface area contributed by atoms with E-state index in [0.29, 0.717) is 23.1 Å². The van der Waals surface area contributed by atoms with Gasteiger partial charge in [0.05, 0.1) is 13.3 Å². The molecule has 2 aromatic rings. The highest BCUT2D eigenvalue weighted by Crippen LogP contribution is 2.35. The molecule has 2 heterocycles. The van der Waals surface area contributed by atoms with Gasteiger partial charge in [-0.25, -0.2) is 9.50 Å². The Bertz CT molecular complexity index is 716. The predicted molar refractivity (Wildman–Crippen MR) is 83.2 cm³/mol. The number of methoxy groups -OCH3 is 1. The molecule has 0 radical (unpaired) electrons. The molecule has 6 nitrogen and oxygen atoms in total. The normalized spacial score (nSPS) is 15.6. The quantitative estimate of drug-likeness (QED) is 0.941. The Morgan fingerprint density at radius 2 is 2.18 bits per heavy atom. The average Bonchev–Trinajstić information content (AvgIpc) is 2.79. The molecule has 22 heavy (non-hydrogen) atoms. The first kappa shape index (κ1) is 14.8. The molecule has 2 aromatic heterocycles. The van der Waals surface area contributed by atoms with Crippen molar-refractivity contribution in [2.24, 2.45) is 5.92 Å². The lowest BCUT2D eigenvalue weighted by Gasteiger charge is -2.40. The van der Waals surface area contributed by atoms with E-state index in [-0.39, 0.29) is 11.4 Å². The Labute approximate surface area is 129 Å². The number of carbonyl (C=O) groups is 1. The van der Waals surface area contributed by atoms with E-state index in [1.807, 2.05) is 13.0 Å². The Hall–Kier alpha value is -2.11. The molecule has 0 spiro atoms. The lowest BCUT2D eigenvalue weighted by atomic mass is 9.72. The van der Waals surface area contributed by atoms with Crippen molar-refractivity contribution in [3.63, 3.8) is 0 Å². The molecule has 0 atom stereocenters. The minimum Gasteiger partial charge on any atom is -0.480 e. The summed E-state index contributed by atoms with van der Waals surface area (Å²) < 4.78 is 6.74. The van der Waals surface area contributed by atoms with E-state index < -0.39 is 0 Å². The van der Waals surface area contributed by atoms with Gasteiger partial charge in [0.25, 0.3) is 5.91 Å². The van der Waals surface area contributed by atoms with Crippen LogP contribution in [0.25, 0.3) is 5.65 Å². The number of aryl methyl sites for hydroxylation is 1. The maximum Gasteiger partial charge on any atom is 0.272 e. The van der Waals surface area contributed by atoms with Crippen LogP contribution in [0.1, 0.15) is 49.2 Å². The van der Waals surface area contributed by atoms with Crippen molar-refractivity contribution in [3.8, 4) is 5.88 Å². The van der Waals surface area contributed by atoms with Crippen LogP contribution in [0, 0.1) is 12.8 Å². The summed E-state index contributed by atoms with van der Waals surface area (Å²) in [5, 5.41) is 7.44. The third-order valence-corrected chi connectivity index (χ3v) is 4.63. The monoisotopic (exact) mass is 302 g/mol. The Kier molecular flexibility index (Phi) is 3.54. The van der Waals surface area contributed by atoms with E-state index >= 15 is 0 Å². The molecule has 1 aliphatic rings. The van der Waals surface area contributed by atoms with Gasteiger partial charge < -0.3 is 10.1 Å². The number of imidazole rings is 1. The van der Waals surface area contributed by atoms with E-state index in [2.05, 4.69) is 29.2 Å². The molecule has 0 saturated heterocycles. The van der Waals surface area contributed by atoms with Crippen molar-refractivity contribution in [2.45, 2.75) is 45.6 Å². The minimum atomic E-state index is -0.215. The molecule has 6 heteroatoms. The van der Waals surface area contributed by atoms with Gasteiger partial charge in [0, 0.05) is 11.6 Å². The molecule has 1 saturated carbocycles. The van der Waals surface area contributed by atoms with Crippen molar-refractivity contribution >= 4 is 11.6 Å². The second-order valence-corrected chi connectivity index (χ2v) is 6.55. The second-order valence-electron chi connectivity index (χ2n) is 6.55. The van der Waals surface area contributed by atoms with Crippen LogP contribution in [0.2, 0.25) is 0 Å². The molecule has 0 aliphatic heterocycles. The summed E-state index contributed by atoms with van der Waals surface area (Å²) in [5.74, 6) is 0.861. The van der Waals surface area contributed by atoms with E-state index in [1.165, 1.54) is 19.3 Å². The van der Waals surface area contributed by atoms with E-state index in [0.717, 1.165) is 5.56 Å². The molecule has 118 valence electrons. The smallest absolute Gasteiger partial charge is 0.272 e. The third kappa shape index (κ3) is 2.42. The molecular weight excluding hydrogens is 280 g/mol. The van der Waals surface area contributed by atoms with Gasteiger partial charge in [-0.3, -0.25) is 4.79 Å². The first-order valence-electron chi connectivity index (χ1n) is 7.64. The highest BCUT2D eigenvalue weighted by atomic mass is 16.5. The minimum absolute atomic E-state index is 0.149. The van der Waals surface area contributed by atoms with E-state index in [4.69, 9.17) is 4.74 Å². The van der Waals surface area contributed by atoms with E-state index in [9.17, 15) is 4.79 Å². The van der Waals surface area contributed by atoms with Crippen LogP contribution in [0.4, 0.5) is 0 Å². The average molecular weight is 302 g/mol. The largest absolute Gasteiger partial charge is 0.480 e. The number of aromatic nitrogens is 3. The number of rotatable bonds is 4. The van der Waals surface area contributed by atoms with Gasteiger partial charge >= 0.3 is 0 Å². The number of amides is 1. The number of ether oxygens (including phenoxy) is 1. The lowest BCUT2D eigenvalue weighted by molar-refractivity contribution is 0.0819. The Morgan fingerprint density at radius 1 is 1.45 bits per heavy atom. The van der Waals surface area contributed by atoms with Gasteiger partial charge in [-0.05, 0) is 45.1 Å². The number of fused-ring (bicyclic) bond motifs is 1. The first-order chi connectivity index (χ1) is 10.4. The molecule has 0 bridgehead atoms. The van der Waals surface area contributed by atoms with Crippen molar-refractivity contribution < 1.29 is 9.53 Å². The lowest BCUT2D eigenvalue weighted by Crippen LogP contribution is -2.51. The maximum atomic E-state index is 12.6. The fraction of sp³-hybridized carbons (Fsp3) is 0.562. The number of nitrogens with zero attached hydrogens (tertiary/aromatic N) is 3. The van der Waals surface area contributed by atoms with Crippen LogP contribution in [0.5, 0.6) is 5.88 Å². The summed E-state index contributed by atoms with van der Waals surface area (Å²) in [5.41, 5.74) is 1.81. The number of nitrogens with one attached hydrogen (secondary N) is 1. The SMILES string of the molecule is COc1cc(C)c2ncc(C(=O)NC(C)(C)C3CCC3)n2n1. The second kappa shape index (κ2) is 5.26. The summed E-state index contributed by atoms with van der Waals surface area (Å²) in [6.45, 7) is 6.08. The van der Waals surface area contributed by atoms with Gasteiger partial charge in [-0.15, -0.1) is 5.10 Å². The Morgan fingerprint density at radius 3 is 2.77 bits per heavy atom. The molecular formula is C16H22N4O2.